The molecular formula is C58H38N4S. The van der Waals surface area contributed by atoms with E-state index in [0.29, 0.717) is 5.95 Å². The molecule has 1 aliphatic carbocycles. The van der Waals surface area contributed by atoms with Crippen LogP contribution in [0, 0.1) is 0 Å². The summed E-state index contributed by atoms with van der Waals surface area (Å²) in [6.07, 6.45) is 6.70. The van der Waals surface area contributed by atoms with E-state index in [4.69, 9.17) is 9.97 Å². The van der Waals surface area contributed by atoms with Gasteiger partial charge in [0.1, 0.15) is 0 Å². The van der Waals surface area contributed by atoms with Crippen LogP contribution in [0.4, 0.5) is 0 Å². The Kier molecular flexibility index (Phi) is 8.18. The van der Waals surface area contributed by atoms with Crippen LogP contribution >= 0.6 is 11.3 Å². The lowest BCUT2D eigenvalue weighted by molar-refractivity contribution is 0.967. The van der Waals surface area contributed by atoms with Crippen LogP contribution in [-0.2, 0) is 6.42 Å². The van der Waals surface area contributed by atoms with Gasteiger partial charge in [-0.2, -0.15) is 0 Å². The van der Waals surface area contributed by atoms with Crippen LogP contribution in [0.1, 0.15) is 17.7 Å². The van der Waals surface area contributed by atoms with Crippen LogP contribution < -0.4 is 0 Å². The van der Waals surface area contributed by atoms with E-state index in [9.17, 15) is 0 Å². The summed E-state index contributed by atoms with van der Waals surface area (Å²) in [5, 5.41) is 6.05. The number of fused-ring (bicyclic) bond motifs is 8. The zero-order chi connectivity index (χ0) is 41.4. The number of rotatable bonds is 6. The summed E-state index contributed by atoms with van der Waals surface area (Å²) in [4.78, 5) is 12.4. The highest BCUT2D eigenvalue weighted by molar-refractivity contribution is 7.23. The maximum atomic E-state index is 5.64. The van der Waals surface area contributed by atoms with Crippen molar-refractivity contribution in [1.29, 1.82) is 0 Å². The van der Waals surface area contributed by atoms with Gasteiger partial charge in [-0.15, -0.1) is 11.3 Å². The van der Waals surface area contributed by atoms with Crippen molar-refractivity contribution < 1.29 is 0 Å². The Bertz CT molecular complexity index is 3770. The molecule has 63 heavy (non-hydrogen) atoms. The van der Waals surface area contributed by atoms with E-state index in [-0.39, 0.29) is 0 Å². The number of hydrogen-bond acceptors (Lipinski definition) is 3. The minimum absolute atomic E-state index is 0.655. The van der Waals surface area contributed by atoms with Crippen LogP contribution in [0.5, 0.6) is 0 Å². The van der Waals surface area contributed by atoms with Crippen molar-refractivity contribution in [2.24, 2.45) is 0 Å². The summed E-state index contributed by atoms with van der Waals surface area (Å²) < 4.78 is 5.80. The Morgan fingerprint density at radius 2 is 1.05 bits per heavy atom. The summed E-state index contributed by atoms with van der Waals surface area (Å²) in [6.45, 7) is 0. The van der Waals surface area contributed by atoms with Crippen LogP contribution in [0.3, 0.4) is 0 Å². The zero-order valence-corrected chi connectivity index (χ0v) is 35.1. The van der Waals surface area contributed by atoms with Gasteiger partial charge in [0.05, 0.1) is 32.5 Å². The molecule has 13 rings (SSSR count). The van der Waals surface area contributed by atoms with Crippen molar-refractivity contribution in [3.63, 3.8) is 0 Å². The maximum Gasteiger partial charge on any atom is 0.235 e. The van der Waals surface area contributed by atoms with Crippen molar-refractivity contribution in [2.45, 2.75) is 12.8 Å². The first-order valence-corrected chi connectivity index (χ1v) is 22.4. The average molecular weight is 823 g/mol. The standard InChI is InChI=1S/C58H38N4S/c1-5-17-37(18-6-1)53-55-57(63-56(53)39-21-9-3-10-22-39)54(38-19-7-2-8-20-38)59-58(60-55)62-51-32-30-43(35-47(51)48-33-40-23-13-14-24-41(40)36-52(48)62)42-29-31-50-46(34-42)45-27-15-16-28-49(45)61(50)44-25-11-4-12-26-44/h1-14,16-26,28-36H,15,27H2. The Balaban J connectivity index is 1.08. The minimum atomic E-state index is 0.655. The molecule has 0 atom stereocenters. The molecule has 0 unspecified atom stereocenters. The Labute approximate surface area is 368 Å². The highest BCUT2D eigenvalue weighted by atomic mass is 32.1. The normalized spacial score (nSPS) is 12.6. The van der Waals surface area contributed by atoms with E-state index in [0.717, 1.165) is 56.5 Å². The minimum Gasteiger partial charge on any atom is -0.310 e. The lowest BCUT2D eigenvalue weighted by atomic mass is 9.97. The van der Waals surface area contributed by atoms with Gasteiger partial charge in [-0.25, -0.2) is 9.97 Å². The maximum absolute atomic E-state index is 5.64. The number of thiophene rings is 1. The summed E-state index contributed by atoms with van der Waals surface area (Å²) in [5.41, 5.74) is 16.1. The first-order valence-electron chi connectivity index (χ1n) is 21.6. The zero-order valence-electron chi connectivity index (χ0n) is 34.2. The number of aromatic nitrogens is 4. The number of aryl methyl sites for hydroxylation is 1. The van der Waals surface area contributed by atoms with Crippen LogP contribution in [-0.4, -0.2) is 19.1 Å². The van der Waals surface area contributed by atoms with Gasteiger partial charge < -0.3 is 4.57 Å². The van der Waals surface area contributed by atoms with Crippen molar-refractivity contribution in [2.75, 3.05) is 0 Å². The SMILES string of the molecule is C1=Cc2c(c3cc(-c4ccc5c(c4)c4cc6ccccc6cc4n5-c4nc(-c5ccccc5)c5sc(-c6ccccc6)c(-c6ccccc6)c5n4)ccc3n2-c2ccccc2)CC1. The monoisotopic (exact) mass is 822 g/mol. The van der Waals surface area contributed by atoms with E-state index in [2.05, 4.69) is 215 Å². The van der Waals surface area contributed by atoms with Gasteiger partial charge in [-0.05, 0) is 106 Å². The van der Waals surface area contributed by atoms with Gasteiger partial charge in [-0.3, -0.25) is 4.57 Å². The third kappa shape index (κ3) is 5.74. The fourth-order valence-electron chi connectivity index (χ4n) is 9.89. The molecule has 0 aliphatic heterocycles. The fraction of sp³-hybridized carbons (Fsp3) is 0.0345. The molecule has 4 aromatic heterocycles. The molecule has 4 nitrogen and oxygen atoms in total. The molecule has 0 radical (unpaired) electrons. The molecule has 5 heteroatoms. The molecule has 0 fully saturated rings. The average Bonchev–Trinajstić information content (AvgIpc) is 4.01. The second-order valence-corrected chi connectivity index (χ2v) is 17.5. The lowest BCUT2D eigenvalue weighted by Crippen LogP contribution is -2.03. The van der Waals surface area contributed by atoms with Gasteiger partial charge in [0.25, 0.3) is 0 Å². The summed E-state index contributed by atoms with van der Waals surface area (Å²) in [5.74, 6) is 0.655. The van der Waals surface area contributed by atoms with Gasteiger partial charge in [-0.1, -0.05) is 152 Å². The van der Waals surface area contributed by atoms with Gasteiger partial charge in [0, 0.05) is 43.5 Å². The van der Waals surface area contributed by atoms with E-state index in [1.54, 1.807) is 11.3 Å². The number of hydrogen-bond donors (Lipinski definition) is 0. The number of nitrogens with zero attached hydrogens (tertiary/aromatic N) is 4. The van der Waals surface area contributed by atoms with Crippen LogP contribution in [0.15, 0.2) is 200 Å². The third-order valence-electron chi connectivity index (χ3n) is 12.8. The quantitative estimate of drug-likeness (QED) is 0.167. The Morgan fingerprint density at radius 1 is 0.460 bits per heavy atom. The molecule has 0 saturated heterocycles. The van der Waals surface area contributed by atoms with Crippen molar-refractivity contribution in [3.05, 3.63) is 211 Å². The van der Waals surface area contributed by atoms with Crippen LogP contribution in [0.2, 0.25) is 0 Å². The highest BCUT2D eigenvalue weighted by Gasteiger charge is 2.25. The largest absolute Gasteiger partial charge is 0.310 e. The van der Waals surface area contributed by atoms with Crippen molar-refractivity contribution in [1.82, 2.24) is 19.1 Å². The smallest absolute Gasteiger partial charge is 0.235 e. The molecule has 296 valence electrons. The second-order valence-electron chi connectivity index (χ2n) is 16.4. The lowest BCUT2D eigenvalue weighted by Gasteiger charge is -2.12. The number of allylic oxidation sites excluding steroid dienone is 1. The first-order chi connectivity index (χ1) is 31.2. The molecule has 8 aromatic carbocycles. The molecule has 1 aliphatic rings. The van der Waals surface area contributed by atoms with Crippen molar-refractivity contribution in [3.8, 4) is 55.6 Å². The molecule has 0 bridgehead atoms. The molecular weight excluding hydrogens is 785 g/mol. The van der Waals surface area contributed by atoms with Gasteiger partial charge >= 0.3 is 0 Å². The van der Waals surface area contributed by atoms with E-state index in [1.165, 1.54) is 71.0 Å². The summed E-state index contributed by atoms with van der Waals surface area (Å²) in [6, 6.07) is 70.1. The summed E-state index contributed by atoms with van der Waals surface area (Å²) >= 11 is 1.78. The molecule has 0 saturated carbocycles. The number of benzene rings is 8. The summed E-state index contributed by atoms with van der Waals surface area (Å²) in [7, 11) is 0. The predicted molar refractivity (Wildman–Crippen MR) is 265 cm³/mol. The Morgan fingerprint density at radius 3 is 1.76 bits per heavy atom. The Hall–Kier alpha value is -7.86. The molecule has 0 amide bonds. The number of para-hydroxylation sites is 1. The highest BCUT2D eigenvalue weighted by Crippen LogP contribution is 2.48. The molecule has 12 aromatic rings. The predicted octanol–water partition coefficient (Wildman–Crippen LogP) is 15.5. The second kappa shape index (κ2) is 14.4. The van der Waals surface area contributed by atoms with Gasteiger partial charge in [0.2, 0.25) is 5.95 Å². The molecule has 0 spiro atoms. The van der Waals surface area contributed by atoms with E-state index < -0.39 is 0 Å². The van der Waals surface area contributed by atoms with Crippen LogP contribution in [0.25, 0.3) is 115 Å². The van der Waals surface area contributed by atoms with Crippen molar-refractivity contribution >= 4 is 71.1 Å². The third-order valence-corrected chi connectivity index (χ3v) is 14.0. The topological polar surface area (TPSA) is 35.6 Å². The molecule has 4 heterocycles. The van der Waals surface area contributed by atoms with E-state index in [1.807, 2.05) is 0 Å². The molecule has 0 N–H and O–H groups in total. The van der Waals surface area contributed by atoms with E-state index >= 15 is 0 Å². The fourth-order valence-corrected chi connectivity index (χ4v) is 11.2. The first kappa shape index (κ1) is 35.9. The van der Waals surface area contributed by atoms with Gasteiger partial charge in [0.15, 0.2) is 0 Å².